The number of hydrogen-bond donors (Lipinski definition) is 2. The molecule has 0 unspecified atom stereocenters. The molecule has 0 aromatic rings. The lowest BCUT2D eigenvalue weighted by molar-refractivity contribution is -0.138. The van der Waals surface area contributed by atoms with Crippen LogP contribution in [0, 0.1) is 5.92 Å². The summed E-state index contributed by atoms with van der Waals surface area (Å²) in [5.41, 5.74) is 0.941. The molecule has 4 atom stereocenters. The van der Waals surface area contributed by atoms with Crippen LogP contribution in [0.1, 0.15) is 19.8 Å². The van der Waals surface area contributed by atoms with Crippen molar-refractivity contribution in [3.63, 3.8) is 0 Å². The summed E-state index contributed by atoms with van der Waals surface area (Å²) >= 11 is 0. The van der Waals surface area contributed by atoms with Crippen LogP contribution in [0.3, 0.4) is 0 Å². The summed E-state index contributed by atoms with van der Waals surface area (Å²) in [4.78, 5) is 23.7. The normalized spacial score (nSPS) is 38.0. The topological polar surface area (TPSA) is 83.8 Å². The first-order valence-electron chi connectivity index (χ1n) is 6.49. The van der Waals surface area contributed by atoms with Crippen LogP contribution in [-0.2, 0) is 14.3 Å². The fourth-order valence-corrected chi connectivity index (χ4v) is 2.52. The number of esters is 1. The standard InChI is InChI=1S/C15H18O5/c1-7-4-5-10(16)8(2)6-11-12(14(18)13(7)17)9(3)15(19)20-11/h6,10-12,14,16,18H,1,3-5H2,2H3/b8-6-/t10-,11-,12+,14-/m0/s1. The fourth-order valence-electron chi connectivity index (χ4n) is 2.52. The van der Waals surface area contributed by atoms with Crippen molar-refractivity contribution in [3.8, 4) is 0 Å². The van der Waals surface area contributed by atoms with Crippen LogP contribution < -0.4 is 0 Å². The average Bonchev–Trinajstić information content (AvgIpc) is 2.68. The molecule has 2 N–H and O–H groups in total. The Balaban J connectivity index is 2.44. The van der Waals surface area contributed by atoms with E-state index in [4.69, 9.17) is 4.74 Å². The largest absolute Gasteiger partial charge is 0.454 e. The summed E-state index contributed by atoms with van der Waals surface area (Å²) in [7, 11) is 0. The van der Waals surface area contributed by atoms with E-state index in [-0.39, 0.29) is 11.1 Å². The van der Waals surface area contributed by atoms with Crippen LogP contribution in [-0.4, -0.2) is 40.3 Å². The second-order valence-electron chi connectivity index (χ2n) is 5.30. The van der Waals surface area contributed by atoms with Crippen molar-refractivity contribution in [1.82, 2.24) is 0 Å². The number of hydrogen-bond acceptors (Lipinski definition) is 5. The van der Waals surface area contributed by atoms with Gasteiger partial charge in [0.2, 0.25) is 0 Å². The van der Waals surface area contributed by atoms with E-state index in [1.54, 1.807) is 13.0 Å². The number of ketones is 1. The number of Topliss-reactive ketones (excluding diaryl/α,β-unsaturated/α-hetero) is 1. The molecule has 0 radical (unpaired) electrons. The Morgan fingerprint density at radius 2 is 1.95 bits per heavy atom. The third-order valence-corrected chi connectivity index (χ3v) is 3.89. The molecule has 0 aromatic heterocycles. The van der Waals surface area contributed by atoms with Gasteiger partial charge in [-0.2, -0.15) is 0 Å². The first-order valence-corrected chi connectivity index (χ1v) is 6.49. The Labute approximate surface area is 117 Å². The molecular weight excluding hydrogens is 260 g/mol. The van der Waals surface area contributed by atoms with E-state index in [1.807, 2.05) is 0 Å². The lowest BCUT2D eigenvalue weighted by Gasteiger charge is -2.24. The maximum absolute atomic E-state index is 12.1. The van der Waals surface area contributed by atoms with Crippen molar-refractivity contribution < 1.29 is 24.5 Å². The van der Waals surface area contributed by atoms with E-state index >= 15 is 0 Å². The molecule has 5 nitrogen and oxygen atoms in total. The average molecular weight is 278 g/mol. The molecule has 1 heterocycles. The summed E-state index contributed by atoms with van der Waals surface area (Å²) in [6, 6.07) is 0. The number of ether oxygens (including phenoxy) is 1. The van der Waals surface area contributed by atoms with Gasteiger partial charge < -0.3 is 14.9 Å². The Hall–Kier alpha value is -1.72. The molecule has 0 saturated carbocycles. The quantitative estimate of drug-likeness (QED) is 0.386. The Morgan fingerprint density at radius 1 is 1.30 bits per heavy atom. The van der Waals surface area contributed by atoms with Crippen LogP contribution in [0.4, 0.5) is 0 Å². The number of carbonyl (C=O) groups is 2. The van der Waals surface area contributed by atoms with Crippen LogP contribution >= 0.6 is 0 Å². The molecule has 5 heteroatoms. The van der Waals surface area contributed by atoms with Gasteiger partial charge in [0, 0.05) is 5.57 Å². The smallest absolute Gasteiger partial charge is 0.334 e. The SMILES string of the molecule is C=C1CC[C@H](O)/C(C)=C\[C@@H]2OC(=O)C(=C)[C@H]2[C@H](O)C1=O. The molecule has 1 aliphatic heterocycles. The summed E-state index contributed by atoms with van der Waals surface area (Å²) in [6.07, 6.45) is -0.703. The summed E-state index contributed by atoms with van der Waals surface area (Å²) in [5.74, 6) is -1.98. The highest BCUT2D eigenvalue weighted by molar-refractivity contribution is 6.01. The summed E-state index contributed by atoms with van der Waals surface area (Å²) < 4.78 is 5.11. The monoisotopic (exact) mass is 278 g/mol. The van der Waals surface area contributed by atoms with Gasteiger partial charge in [0.05, 0.1) is 12.0 Å². The van der Waals surface area contributed by atoms with Crippen LogP contribution in [0.15, 0.2) is 36.0 Å². The molecule has 1 saturated heterocycles. The number of aliphatic hydroxyl groups excluding tert-OH is 2. The van der Waals surface area contributed by atoms with E-state index in [0.717, 1.165) is 0 Å². The number of rotatable bonds is 0. The molecule has 20 heavy (non-hydrogen) atoms. The lowest BCUT2D eigenvalue weighted by atomic mass is 9.83. The van der Waals surface area contributed by atoms with Gasteiger partial charge in [-0.15, -0.1) is 0 Å². The first-order chi connectivity index (χ1) is 9.32. The highest BCUT2D eigenvalue weighted by Gasteiger charge is 2.45. The van der Waals surface area contributed by atoms with Crippen LogP contribution in [0.5, 0.6) is 0 Å². The third kappa shape index (κ3) is 2.46. The minimum Gasteiger partial charge on any atom is -0.454 e. The predicted molar refractivity (Wildman–Crippen MR) is 71.7 cm³/mol. The summed E-state index contributed by atoms with van der Waals surface area (Å²) in [6.45, 7) is 8.95. The van der Waals surface area contributed by atoms with Crippen molar-refractivity contribution in [2.24, 2.45) is 5.92 Å². The van der Waals surface area contributed by atoms with Gasteiger partial charge in [-0.1, -0.05) is 13.2 Å². The zero-order chi connectivity index (χ0) is 15.0. The van der Waals surface area contributed by atoms with Crippen molar-refractivity contribution >= 4 is 11.8 Å². The minimum atomic E-state index is -1.40. The van der Waals surface area contributed by atoms with Crippen molar-refractivity contribution in [3.05, 3.63) is 36.0 Å². The second kappa shape index (κ2) is 5.34. The molecule has 1 fully saturated rings. The number of fused-ring (bicyclic) bond motifs is 1. The first kappa shape index (κ1) is 14.7. The highest BCUT2D eigenvalue weighted by Crippen LogP contribution is 2.34. The zero-order valence-corrected chi connectivity index (χ0v) is 11.3. The summed E-state index contributed by atoms with van der Waals surface area (Å²) in [5, 5.41) is 20.2. The second-order valence-corrected chi connectivity index (χ2v) is 5.30. The Kier molecular flexibility index (Phi) is 3.92. The molecule has 0 amide bonds. The maximum atomic E-state index is 12.1. The van der Waals surface area contributed by atoms with E-state index in [2.05, 4.69) is 13.2 Å². The van der Waals surface area contributed by atoms with Gasteiger partial charge in [-0.25, -0.2) is 4.79 Å². The van der Waals surface area contributed by atoms with E-state index in [0.29, 0.717) is 18.4 Å². The molecule has 1 aliphatic carbocycles. The van der Waals surface area contributed by atoms with Crippen LogP contribution in [0.25, 0.3) is 0 Å². The van der Waals surface area contributed by atoms with Gasteiger partial charge in [0.25, 0.3) is 0 Å². The van der Waals surface area contributed by atoms with Gasteiger partial charge in [-0.3, -0.25) is 4.79 Å². The van der Waals surface area contributed by atoms with E-state index in [1.165, 1.54) is 0 Å². The fraction of sp³-hybridized carbons (Fsp3) is 0.467. The Morgan fingerprint density at radius 3 is 2.60 bits per heavy atom. The van der Waals surface area contributed by atoms with E-state index < -0.39 is 36.0 Å². The molecule has 0 aromatic carbocycles. The van der Waals surface area contributed by atoms with Gasteiger partial charge in [0.1, 0.15) is 12.2 Å². The number of carbonyl (C=O) groups excluding carboxylic acids is 2. The lowest BCUT2D eigenvalue weighted by Crippen LogP contribution is -2.36. The minimum absolute atomic E-state index is 0.0720. The van der Waals surface area contributed by atoms with Crippen molar-refractivity contribution in [2.45, 2.75) is 38.1 Å². The van der Waals surface area contributed by atoms with Gasteiger partial charge in [0.15, 0.2) is 5.78 Å². The number of aliphatic hydroxyl groups is 2. The third-order valence-electron chi connectivity index (χ3n) is 3.89. The molecule has 0 spiro atoms. The zero-order valence-electron chi connectivity index (χ0n) is 11.3. The Bertz CT molecular complexity index is 516. The van der Waals surface area contributed by atoms with Gasteiger partial charge >= 0.3 is 5.97 Å². The highest BCUT2D eigenvalue weighted by atomic mass is 16.6. The van der Waals surface area contributed by atoms with Crippen molar-refractivity contribution in [2.75, 3.05) is 0 Å². The van der Waals surface area contributed by atoms with Crippen LogP contribution in [0.2, 0.25) is 0 Å². The van der Waals surface area contributed by atoms with Crippen molar-refractivity contribution in [1.29, 1.82) is 0 Å². The predicted octanol–water partition coefficient (Wildman–Crippen LogP) is 0.671. The molecule has 108 valence electrons. The molecule has 2 aliphatic rings. The maximum Gasteiger partial charge on any atom is 0.334 e. The van der Waals surface area contributed by atoms with E-state index in [9.17, 15) is 19.8 Å². The van der Waals surface area contributed by atoms with Gasteiger partial charge in [-0.05, 0) is 37.0 Å². The molecule has 2 rings (SSSR count). The molecular formula is C15H18O5. The molecule has 0 bridgehead atoms.